The first-order chi connectivity index (χ1) is 9.18. The molecule has 0 amide bonds. The van der Waals surface area contributed by atoms with Crippen LogP contribution in [0.5, 0.6) is 0 Å². The standard InChI is InChI=1S/C15H18O4/c16-13-9-5-4-8-12(13)14(17)15(18)19-10-11-6-2-1-3-7-11/h1-3,6-7,12,14,17H,4-5,8-10H2/t12-,14+/m1/s1. The smallest absolute Gasteiger partial charge is 0.336 e. The molecule has 1 aliphatic rings. The first kappa shape index (κ1) is 13.7. The molecule has 1 aromatic carbocycles. The third-order valence-corrected chi connectivity index (χ3v) is 3.45. The Morgan fingerprint density at radius 1 is 1.32 bits per heavy atom. The minimum atomic E-state index is -1.32. The van der Waals surface area contributed by atoms with Crippen LogP contribution in [0, 0.1) is 5.92 Å². The van der Waals surface area contributed by atoms with Gasteiger partial charge < -0.3 is 9.84 Å². The fourth-order valence-electron chi connectivity index (χ4n) is 2.32. The normalized spacial score (nSPS) is 20.9. The Morgan fingerprint density at radius 3 is 2.74 bits per heavy atom. The van der Waals surface area contributed by atoms with Gasteiger partial charge in [0.25, 0.3) is 0 Å². The molecule has 0 radical (unpaired) electrons. The number of carbonyl (C=O) groups excluding carboxylic acids is 2. The van der Waals surface area contributed by atoms with E-state index in [-0.39, 0.29) is 12.4 Å². The van der Waals surface area contributed by atoms with E-state index in [4.69, 9.17) is 4.74 Å². The quantitative estimate of drug-likeness (QED) is 0.841. The second kappa shape index (κ2) is 6.48. The van der Waals surface area contributed by atoms with Crippen molar-refractivity contribution in [3.8, 4) is 0 Å². The van der Waals surface area contributed by atoms with Crippen LogP contribution in [0.4, 0.5) is 0 Å². The van der Waals surface area contributed by atoms with Crippen LogP contribution in [0.1, 0.15) is 31.2 Å². The Kier molecular flexibility index (Phi) is 4.68. The third-order valence-electron chi connectivity index (χ3n) is 3.45. The number of ether oxygens (including phenoxy) is 1. The van der Waals surface area contributed by atoms with E-state index in [9.17, 15) is 14.7 Å². The van der Waals surface area contributed by atoms with E-state index < -0.39 is 18.0 Å². The molecule has 0 unspecified atom stereocenters. The number of esters is 1. The van der Waals surface area contributed by atoms with Crippen LogP contribution in [0.2, 0.25) is 0 Å². The second-order valence-electron chi connectivity index (χ2n) is 4.86. The summed E-state index contributed by atoms with van der Waals surface area (Å²) < 4.78 is 5.05. The number of aliphatic hydroxyl groups excluding tert-OH is 1. The average Bonchev–Trinajstić information content (AvgIpc) is 2.45. The molecule has 0 aromatic heterocycles. The zero-order valence-corrected chi connectivity index (χ0v) is 10.7. The molecule has 2 atom stereocenters. The molecule has 1 N–H and O–H groups in total. The van der Waals surface area contributed by atoms with Crippen molar-refractivity contribution in [2.24, 2.45) is 5.92 Å². The van der Waals surface area contributed by atoms with Crippen molar-refractivity contribution in [3.05, 3.63) is 35.9 Å². The Labute approximate surface area is 112 Å². The van der Waals surface area contributed by atoms with Crippen molar-refractivity contribution in [1.29, 1.82) is 0 Å². The van der Waals surface area contributed by atoms with E-state index >= 15 is 0 Å². The molecule has 4 heteroatoms. The molecule has 0 spiro atoms. The summed E-state index contributed by atoms with van der Waals surface area (Å²) in [5.74, 6) is -1.32. The summed E-state index contributed by atoms with van der Waals surface area (Å²) in [4.78, 5) is 23.4. The number of carbonyl (C=O) groups is 2. The maximum Gasteiger partial charge on any atom is 0.336 e. The van der Waals surface area contributed by atoms with Gasteiger partial charge in [-0.05, 0) is 18.4 Å². The molecule has 4 nitrogen and oxygen atoms in total. The number of aliphatic hydroxyl groups is 1. The Morgan fingerprint density at radius 2 is 2.05 bits per heavy atom. The van der Waals surface area contributed by atoms with Crippen LogP contribution in [-0.2, 0) is 20.9 Å². The summed E-state index contributed by atoms with van der Waals surface area (Å²) in [6.07, 6.45) is 1.42. The van der Waals surface area contributed by atoms with Gasteiger partial charge in [0.1, 0.15) is 12.4 Å². The summed E-state index contributed by atoms with van der Waals surface area (Å²) in [7, 11) is 0. The summed E-state index contributed by atoms with van der Waals surface area (Å²) in [5, 5.41) is 9.90. The lowest BCUT2D eigenvalue weighted by Gasteiger charge is -2.23. The number of benzene rings is 1. The summed E-state index contributed by atoms with van der Waals surface area (Å²) in [6, 6.07) is 9.26. The van der Waals surface area contributed by atoms with Crippen LogP contribution < -0.4 is 0 Å². The molecule has 1 aromatic rings. The SMILES string of the molecule is O=C(OCc1ccccc1)[C@@H](O)[C@@H]1CCCCC1=O. The van der Waals surface area contributed by atoms with E-state index in [0.29, 0.717) is 12.8 Å². The molecule has 0 saturated heterocycles. The Bertz CT molecular complexity index is 441. The minimum Gasteiger partial charge on any atom is -0.459 e. The zero-order chi connectivity index (χ0) is 13.7. The number of hydrogen-bond donors (Lipinski definition) is 1. The van der Waals surface area contributed by atoms with E-state index in [1.807, 2.05) is 30.3 Å². The van der Waals surface area contributed by atoms with Crippen molar-refractivity contribution < 1.29 is 19.4 Å². The summed E-state index contributed by atoms with van der Waals surface area (Å²) in [6.45, 7) is 0.123. The third kappa shape index (κ3) is 3.64. The Hall–Kier alpha value is -1.68. The molecule has 0 heterocycles. The maximum atomic E-state index is 11.7. The van der Waals surface area contributed by atoms with E-state index in [0.717, 1.165) is 18.4 Å². The van der Waals surface area contributed by atoms with Gasteiger partial charge in [0, 0.05) is 6.42 Å². The Balaban J connectivity index is 1.87. The molecular formula is C15H18O4. The summed E-state index contributed by atoms with van der Waals surface area (Å²) in [5.41, 5.74) is 0.859. The van der Waals surface area contributed by atoms with Crippen molar-refractivity contribution >= 4 is 11.8 Å². The van der Waals surface area contributed by atoms with E-state index in [2.05, 4.69) is 0 Å². The average molecular weight is 262 g/mol. The van der Waals surface area contributed by atoms with Crippen molar-refractivity contribution in [1.82, 2.24) is 0 Å². The highest BCUT2D eigenvalue weighted by Crippen LogP contribution is 2.24. The molecule has 102 valence electrons. The molecular weight excluding hydrogens is 244 g/mol. The fourth-order valence-corrected chi connectivity index (χ4v) is 2.32. The fraction of sp³-hybridized carbons (Fsp3) is 0.467. The monoisotopic (exact) mass is 262 g/mol. The largest absolute Gasteiger partial charge is 0.459 e. The van der Waals surface area contributed by atoms with Crippen molar-refractivity contribution in [3.63, 3.8) is 0 Å². The van der Waals surface area contributed by atoms with Gasteiger partial charge in [-0.2, -0.15) is 0 Å². The number of Topliss-reactive ketones (excluding diaryl/α,β-unsaturated/α-hetero) is 1. The lowest BCUT2D eigenvalue weighted by Crippen LogP contribution is -2.37. The predicted molar refractivity (Wildman–Crippen MR) is 69.2 cm³/mol. The van der Waals surface area contributed by atoms with Crippen LogP contribution in [0.3, 0.4) is 0 Å². The topological polar surface area (TPSA) is 63.6 Å². The van der Waals surface area contributed by atoms with Gasteiger partial charge in [-0.1, -0.05) is 36.8 Å². The van der Waals surface area contributed by atoms with Crippen LogP contribution in [0.15, 0.2) is 30.3 Å². The van der Waals surface area contributed by atoms with Crippen LogP contribution in [0.25, 0.3) is 0 Å². The van der Waals surface area contributed by atoms with Gasteiger partial charge in [0.2, 0.25) is 0 Å². The van der Waals surface area contributed by atoms with E-state index in [1.165, 1.54) is 0 Å². The maximum absolute atomic E-state index is 11.7. The van der Waals surface area contributed by atoms with Crippen LogP contribution >= 0.6 is 0 Å². The molecule has 19 heavy (non-hydrogen) atoms. The van der Waals surface area contributed by atoms with Gasteiger partial charge in [-0.3, -0.25) is 4.79 Å². The van der Waals surface area contributed by atoms with Gasteiger partial charge >= 0.3 is 5.97 Å². The first-order valence-electron chi connectivity index (χ1n) is 6.60. The predicted octanol–water partition coefficient (Wildman–Crippen LogP) is 1.85. The highest BCUT2D eigenvalue weighted by atomic mass is 16.5. The zero-order valence-electron chi connectivity index (χ0n) is 10.7. The van der Waals surface area contributed by atoms with Gasteiger partial charge in [-0.25, -0.2) is 4.79 Å². The van der Waals surface area contributed by atoms with Crippen molar-refractivity contribution in [2.45, 2.75) is 38.4 Å². The van der Waals surface area contributed by atoms with Gasteiger partial charge in [-0.15, -0.1) is 0 Å². The molecule has 2 rings (SSSR count). The second-order valence-corrected chi connectivity index (χ2v) is 4.86. The lowest BCUT2D eigenvalue weighted by atomic mass is 9.84. The number of rotatable bonds is 4. The first-order valence-corrected chi connectivity index (χ1v) is 6.60. The van der Waals surface area contributed by atoms with Gasteiger partial charge in [0.15, 0.2) is 6.10 Å². The molecule has 0 aliphatic heterocycles. The molecule has 1 saturated carbocycles. The highest BCUT2D eigenvalue weighted by molar-refractivity contribution is 5.88. The number of hydrogen-bond acceptors (Lipinski definition) is 4. The van der Waals surface area contributed by atoms with Gasteiger partial charge in [0.05, 0.1) is 5.92 Å². The van der Waals surface area contributed by atoms with E-state index in [1.54, 1.807) is 0 Å². The summed E-state index contributed by atoms with van der Waals surface area (Å²) >= 11 is 0. The highest BCUT2D eigenvalue weighted by Gasteiger charge is 2.34. The molecule has 0 bridgehead atoms. The molecule has 1 aliphatic carbocycles. The lowest BCUT2D eigenvalue weighted by molar-refractivity contribution is -0.161. The van der Waals surface area contributed by atoms with Crippen LogP contribution in [-0.4, -0.2) is 23.0 Å². The minimum absolute atomic E-state index is 0.0320. The number of ketones is 1. The van der Waals surface area contributed by atoms with Crippen molar-refractivity contribution in [2.75, 3.05) is 0 Å². The molecule has 1 fully saturated rings.